The zero-order valence-electron chi connectivity index (χ0n) is 50.4. The van der Waals surface area contributed by atoms with Gasteiger partial charge in [0.2, 0.25) is 41.4 Å². The van der Waals surface area contributed by atoms with Crippen LogP contribution in [-0.2, 0) is 105 Å². The summed E-state index contributed by atoms with van der Waals surface area (Å²) >= 11 is 0. The van der Waals surface area contributed by atoms with Crippen molar-refractivity contribution in [2.24, 2.45) is 21.6 Å². The van der Waals surface area contributed by atoms with E-state index in [0.717, 1.165) is 5.39 Å². The van der Waals surface area contributed by atoms with Crippen LogP contribution in [0.4, 0.5) is 0 Å². The van der Waals surface area contributed by atoms with Crippen LogP contribution in [0.25, 0.3) is 22.3 Å². The summed E-state index contributed by atoms with van der Waals surface area (Å²) in [6.07, 6.45) is 0.693. The lowest BCUT2D eigenvalue weighted by molar-refractivity contribution is -0.172. The topological polar surface area (TPSA) is 436 Å². The maximum Gasteiger partial charge on any atom is 0.343 e. The largest absolute Gasteiger partial charge is 0.481 e. The number of aliphatic imine (C=N–C) groups is 1. The number of aliphatic carboxylic acids is 1. The van der Waals surface area contributed by atoms with E-state index in [9.17, 15) is 58.2 Å². The molecule has 0 bridgehead atoms. The van der Waals surface area contributed by atoms with Gasteiger partial charge in [-0.05, 0) is 48.1 Å². The third-order valence-electron chi connectivity index (χ3n) is 15.2. The quantitative estimate of drug-likeness (QED) is 0.00857. The van der Waals surface area contributed by atoms with Gasteiger partial charge in [-0.3, -0.25) is 48.1 Å². The molecule has 3 aliphatic rings. The van der Waals surface area contributed by atoms with Gasteiger partial charge in [-0.15, -0.1) is 0 Å². The molecule has 0 aliphatic carbocycles. The molecule has 0 saturated carbocycles. The van der Waals surface area contributed by atoms with Crippen LogP contribution in [0, 0.1) is 0 Å². The minimum Gasteiger partial charge on any atom is -0.481 e. The van der Waals surface area contributed by atoms with Crippen LogP contribution in [0.3, 0.4) is 0 Å². The van der Waals surface area contributed by atoms with Crippen molar-refractivity contribution in [1.29, 1.82) is 0 Å². The highest BCUT2D eigenvalue weighted by molar-refractivity contribution is 6.03. The maximum atomic E-state index is 14.2. The molecule has 30 nitrogen and oxygen atoms in total. The van der Waals surface area contributed by atoms with Crippen molar-refractivity contribution in [1.82, 2.24) is 46.8 Å². The lowest BCUT2D eigenvalue weighted by Gasteiger charge is -2.31. The molecule has 5 atom stereocenters. The Bertz CT molecular complexity index is 3650. The number of hydrogen-bond donors (Lipinski definition) is 11. The molecular weight excluding hydrogens is 1200 g/mol. The van der Waals surface area contributed by atoms with Crippen molar-refractivity contribution in [3.8, 4) is 11.4 Å². The van der Waals surface area contributed by atoms with Crippen molar-refractivity contribution in [2.45, 2.75) is 94.9 Å². The summed E-state index contributed by atoms with van der Waals surface area (Å²) in [5, 5.41) is 43.9. The molecule has 0 unspecified atom stereocenters. The van der Waals surface area contributed by atoms with Crippen molar-refractivity contribution < 1.29 is 77.1 Å². The molecule has 3 aliphatic heterocycles. The monoisotopic (exact) mass is 1270 g/mol. The molecule has 0 radical (unpaired) electrons. The van der Waals surface area contributed by atoms with E-state index in [4.69, 9.17) is 40.2 Å². The number of carboxylic acid groups (broad SMARTS) is 1. The van der Waals surface area contributed by atoms with Crippen molar-refractivity contribution in [2.75, 3.05) is 65.9 Å². The van der Waals surface area contributed by atoms with E-state index in [2.05, 4.69) is 47.4 Å². The lowest BCUT2D eigenvalue weighted by atomic mass is 9.86. The number of carbonyl (C=O) groups excluding carboxylic acids is 8. The van der Waals surface area contributed by atoms with Crippen molar-refractivity contribution >= 4 is 76.4 Å². The van der Waals surface area contributed by atoms with Crippen LogP contribution in [0.15, 0.2) is 99.9 Å². The van der Waals surface area contributed by atoms with Crippen molar-refractivity contribution in [3.63, 3.8) is 0 Å². The minimum absolute atomic E-state index is 0.00434. The Morgan fingerprint density at radius 3 is 2.04 bits per heavy atom. The first-order valence-corrected chi connectivity index (χ1v) is 29.7. The SMILES string of the molecule is CC[C@@]1(O)C(=O)OCc2c1cc1n(c2=O)Cc2c-1nc1ccccc1c2C=NOCCNC(=O)COCCOCCOCC(=O)NCc1ccc(C[C@@H]2NC(=O)[C@@H](Cc3ccccc3)NC(=O)[C@H](CC(=O)O)NC(=O)CNC(=O)[C@H](CCCN=C(N)N)NC2=O)cc1. The number of guanidine groups is 1. The first-order chi connectivity index (χ1) is 44.3. The minimum atomic E-state index is -1.96. The number of nitrogens with two attached hydrogens (primary N) is 2. The summed E-state index contributed by atoms with van der Waals surface area (Å²) in [6.45, 7) is 1.15. The number of benzene rings is 3. The van der Waals surface area contributed by atoms with E-state index >= 15 is 0 Å². The number of aliphatic hydroxyl groups is 1. The predicted octanol–water partition coefficient (Wildman–Crippen LogP) is -1.71. The first kappa shape index (κ1) is 67.8. The molecule has 0 spiro atoms. The molecule has 30 heteroatoms. The van der Waals surface area contributed by atoms with Crippen LogP contribution >= 0.6 is 0 Å². The fourth-order valence-electron chi connectivity index (χ4n) is 10.4. The molecule has 13 N–H and O–H groups in total. The normalized spacial score (nSPS) is 19.1. The number of oxime groups is 1. The third-order valence-corrected chi connectivity index (χ3v) is 15.2. The number of aromatic nitrogens is 2. The number of hydrogen-bond acceptors (Lipinski definition) is 19. The number of nitrogens with one attached hydrogen (secondary N) is 7. The summed E-state index contributed by atoms with van der Waals surface area (Å²) in [4.78, 5) is 146. The molecule has 1 fully saturated rings. The Kier molecular flexibility index (Phi) is 24.0. The van der Waals surface area contributed by atoms with E-state index in [1.807, 2.05) is 24.3 Å². The number of rotatable bonds is 28. The van der Waals surface area contributed by atoms with Gasteiger partial charge in [-0.2, -0.15) is 0 Å². The Morgan fingerprint density at radius 1 is 0.750 bits per heavy atom. The molecule has 92 heavy (non-hydrogen) atoms. The zero-order valence-corrected chi connectivity index (χ0v) is 50.4. The number of nitrogens with zero attached hydrogens (tertiary/aromatic N) is 4. The van der Waals surface area contributed by atoms with Crippen LogP contribution in [0.2, 0.25) is 0 Å². The second kappa shape index (κ2) is 32.5. The number of cyclic esters (lactones) is 1. The summed E-state index contributed by atoms with van der Waals surface area (Å²) in [5.41, 5.74) is 13.8. The second-order valence-corrected chi connectivity index (χ2v) is 21.7. The van der Waals surface area contributed by atoms with Gasteiger partial charge in [-0.1, -0.05) is 84.9 Å². The highest BCUT2D eigenvalue weighted by atomic mass is 16.6. The summed E-state index contributed by atoms with van der Waals surface area (Å²) in [6, 6.07) is 18.8. The lowest BCUT2D eigenvalue weighted by Crippen LogP contribution is -2.58. The zero-order chi connectivity index (χ0) is 65.7. The molecular formula is C62H73N13O17. The standard InChI is InChI=1S/C62H73N13O17/c1-2-62(87)43-27-49-54-41(32-75(49)59(85)42(43)33-91-60(62)86)40(39-11-6-7-12-44(39)71-54)30-69-92-20-19-65-51(77)34-89-23-21-88-22-24-90-35-52(78)67-29-38-16-14-37(15-17-38)26-47-56(82)72-45(13-8-18-66-61(63)64)55(81)68-31-50(76)70-48(28-53(79)80)58(84)74-46(57(83)73-47)25-36-9-4-3-5-10-36/h3-7,9-12,14-17,27,30,45-48,87H,2,8,13,18-26,28-29,31-35H2,1H3,(H,65,77)(H,67,78)(H,68,81)(H,70,76)(H,72,82)(H,73,83)(H,74,84)(H,79,80)(H4,63,64,66)/t45-,46+,47-,48-,62-/m0/s1. The van der Waals surface area contributed by atoms with E-state index in [-0.39, 0.29) is 134 Å². The molecule has 488 valence electrons. The average Bonchev–Trinajstić information content (AvgIpc) is 1.47. The Balaban J connectivity index is 0.748. The van der Waals surface area contributed by atoms with E-state index in [1.54, 1.807) is 72.2 Å². The number of amides is 7. The van der Waals surface area contributed by atoms with Gasteiger partial charge in [0.25, 0.3) is 5.56 Å². The summed E-state index contributed by atoms with van der Waals surface area (Å²) in [5.74, 6) is -7.54. The second-order valence-electron chi connectivity index (χ2n) is 21.7. The fourth-order valence-corrected chi connectivity index (χ4v) is 10.4. The van der Waals surface area contributed by atoms with Gasteiger partial charge in [0.05, 0.1) is 81.2 Å². The van der Waals surface area contributed by atoms with Gasteiger partial charge in [0.1, 0.15) is 50.6 Å². The van der Waals surface area contributed by atoms with Gasteiger partial charge in [-0.25, -0.2) is 9.78 Å². The van der Waals surface area contributed by atoms with Crippen LogP contribution in [0.1, 0.15) is 71.6 Å². The summed E-state index contributed by atoms with van der Waals surface area (Å²) < 4.78 is 23.1. The fraction of sp³-hybridized carbons (Fsp3) is 0.403. The Morgan fingerprint density at radius 2 is 1.37 bits per heavy atom. The smallest absolute Gasteiger partial charge is 0.343 e. The Hall–Kier alpha value is -10.2. The van der Waals surface area contributed by atoms with Gasteiger partial charge >= 0.3 is 11.9 Å². The number of carbonyl (C=O) groups is 9. The molecule has 7 amide bonds. The number of fused-ring (bicyclic) bond motifs is 5. The maximum absolute atomic E-state index is 14.2. The number of carboxylic acids is 1. The number of pyridine rings is 2. The number of esters is 1. The molecule has 8 rings (SSSR count). The summed E-state index contributed by atoms with van der Waals surface area (Å²) in [7, 11) is 0. The van der Waals surface area contributed by atoms with Gasteiger partial charge in [0.15, 0.2) is 11.6 Å². The molecule has 5 aromatic rings. The molecule has 3 aromatic carbocycles. The van der Waals surface area contributed by atoms with E-state index < -0.39 is 96.0 Å². The Labute approximate surface area is 526 Å². The van der Waals surface area contributed by atoms with E-state index in [0.29, 0.717) is 44.7 Å². The predicted molar refractivity (Wildman–Crippen MR) is 329 cm³/mol. The van der Waals surface area contributed by atoms with Gasteiger partial charge < -0.3 is 87.3 Å². The number of ether oxygens (including phenoxy) is 4. The van der Waals surface area contributed by atoms with Crippen LogP contribution in [-0.4, -0.2) is 175 Å². The van der Waals surface area contributed by atoms with Crippen molar-refractivity contribution in [3.05, 3.63) is 134 Å². The van der Waals surface area contributed by atoms with Crippen LogP contribution < -0.4 is 54.2 Å². The average molecular weight is 1270 g/mol. The first-order valence-electron chi connectivity index (χ1n) is 29.7. The van der Waals surface area contributed by atoms with E-state index in [1.165, 1.54) is 6.21 Å². The third kappa shape index (κ3) is 18.3. The molecule has 1 saturated heterocycles. The highest BCUT2D eigenvalue weighted by Gasteiger charge is 2.46. The van der Waals surface area contributed by atoms with Gasteiger partial charge in [0, 0.05) is 48.0 Å². The number of para-hydroxylation sites is 1. The molecule has 2 aromatic heterocycles. The molecule has 5 heterocycles. The highest BCUT2D eigenvalue weighted by Crippen LogP contribution is 2.40. The van der Waals surface area contributed by atoms with Crippen LogP contribution in [0.5, 0.6) is 0 Å².